The lowest BCUT2D eigenvalue weighted by molar-refractivity contribution is -0.131. The van der Waals surface area contributed by atoms with Crippen LogP contribution in [0.5, 0.6) is 0 Å². The van der Waals surface area contributed by atoms with Crippen LogP contribution in [0, 0.1) is 19.8 Å². The molecule has 1 amide bonds. The number of hydrogen-bond acceptors (Lipinski definition) is 4. The predicted octanol–water partition coefficient (Wildman–Crippen LogP) is 1.10. The van der Waals surface area contributed by atoms with E-state index in [1.807, 2.05) is 4.90 Å². The molecule has 2 rings (SSSR count). The van der Waals surface area contributed by atoms with E-state index in [0.717, 1.165) is 13.0 Å². The first kappa shape index (κ1) is 18.0. The summed E-state index contributed by atoms with van der Waals surface area (Å²) in [6.45, 7) is 7.09. The number of nitrogens with zero attached hydrogens (tertiary/aromatic N) is 1. The smallest absolute Gasteiger partial charge is 0.373 e. The first-order valence-electron chi connectivity index (χ1n) is 8.30. The highest BCUT2D eigenvalue weighted by molar-refractivity contribution is 6.45. The van der Waals surface area contributed by atoms with E-state index in [0.29, 0.717) is 13.0 Å². The number of aliphatic hydroxyl groups is 1. The van der Waals surface area contributed by atoms with Crippen LogP contribution in [0.3, 0.4) is 0 Å². The van der Waals surface area contributed by atoms with Crippen molar-refractivity contribution in [2.45, 2.75) is 46.1 Å². The van der Waals surface area contributed by atoms with Crippen molar-refractivity contribution >= 4 is 13.0 Å². The summed E-state index contributed by atoms with van der Waals surface area (Å²) >= 11 is 0. The highest BCUT2D eigenvalue weighted by Crippen LogP contribution is 2.25. The van der Waals surface area contributed by atoms with Gasteiger partial charge in [-0.2, -0.15) is 0 Å². The number of nitrogens with one attached hydrogen (secondary N) is 1. The van der Waals surface area contributed by atoms with Gasteiger partial charge >= 0.3 is 7.05 Å². The molecule has 3 N–H and O–H groups in total. The second kappa shape index (κ2) is 7.95. The summed E-state index contributed by atoms with van der Waals surface area (Å²) in [6, 6.07) is 6.07. The van der Waals surface area contributed by atoms with Gasteiger partial charge in [-0.3, -0.25) is 4.79 Å². The normalized spacial score (nSPS) is 19.3. The molecule has 126 valence electrons. The molecular weight excluding hydrogens is 291 g/mol. The van der Waals surface area contributed by atoms with Crippen LogP contribution in [0.1, 0.15) is 29.5 Å². The Bertz CT molecular complexity index is 551. The minimum atomic E-state index is -0.685. The van der Waals surface area contributed by atoms with Gasteiger partial charge in [0.25, 0.3) is 0 Å². The summed E-state index contributed by atoms with van der Waals surface area (Å²) < 4.78 is 0. The number of hydrogen-bond donors (Lipinski definition) is 3. The van der Waals surface area contributed by atoms with Gasteiger partial charge < -0.3 is 20.3 Å². The molecule has 6 heteroatoms. The first-order chi connectivity index (χ1) is 10.9. The zero-order valence-corrected chi connectivity index (χ0v) is 14.2. The summed E-state index contributed by atoms with van der Waals surface area (Å²) in [6.07, 6.45) is 1.37. The van der Waals surface area contributed by atoms with Crippen molar-refractivity contribution in [3.8, 4) is 0 Å². The minimum absolute atomic E-state index is 0.0776. The van der Waals surface area contributed by atoms with Crippen molar-refractivity contribution in [1.82, 2.24) is 10.1 Å². The molecule has 23 heavy (non-hydrogen) atoms. The van der Waals surface area contributed by atoms with Gasteiger partial charge in [-0.1, -0.05) is 23.8 Å². The third-order valence-electron chi connectivity index (χ3n) is 4.53. The molecule has 5 nitrogen and oxygen atoms in total. The molecule has 0 saturated carbocycles. The largest absolute Gasteiger partial charge is 0.437 e. The SMILES string of the molecule is CB(O)NC(CO)CC1CCN(Cc2ccc(C)cc2C)C1=O. The fourth-order valence-electron chi connectivity index (χ4n) is 3.29. The van der Waals surface area contributed by atoms with Crippen molar-refractivity contribution < 1.29 is 14.9 Å². The number of likely N-dealkylation sites (tertiary alicyclic amines) is 1. The number of amides is 1. The molecule has 0 aliphatic carbocycles. The summed E-state index contributed by atoms with van der Waals surface area (Å²) in [5, 5.41) is 21.7. The van der Waals surface area contributed by atoms with Gasteiger partial charge in [0.05, 0.1) is 6.61 Å². The Hall–Kier alpha value is -1.37. The molecule has 2 atom stereocenters. The molecule has 1 heterocycles. The first-order valence-corrected chi connectivity index (χ1v) is 8.30. The monoisotopic (exact) mass is 318 g/mol. The second-order valence-corrected chi connectivity index (χ2v) is 6.63. The summed E-state index contributed by atoms with van der Waals surface area (Å²) in [7, 11) is -0.685. The Labute approximate surface area is 138 Å². The molecule has 1 aromatic rings. The molecule has 1 saturated heterocycles. The lowest BCUT2D eigenvalue weighted by Gasteiger charge is -2.21. The van der Waals surface area contributed by atoms with Gasteiger partial charge in [0.1, 0.15) is 0 Å². The van der Waals surface area contributed by atoms with Crippen molar-refractivity contribution in [3.05, 3.63) is 34.9 Å². The third kappa shape index (κ3) is 4.80. The summed E-state index contributed by atoms with van der Waals surface area (Å²) in [4.78, 5) is 14.5. The van der Waals surface area contributed by atoms with E-state index in [1.54, 1.807) is 6.82 Å². The Kier molecular flexibility index (Phi) is 6.21. The molecule has 0 aromatic heterocycles. The Morgan fingerprint density at radius 1 is 1.43 bits per heavy atom. The van der Waals surface area contributed by atoms with Gasteiger partial charge in [-0.15, -0.1) is 0 Å². The highest BCUT2D eigenvalue weighted by atomic mass is 16.3. The van der Waals surface area contributed by atoms with Crippen molar-refractivity contribution in [2.24, 2.45) is 5.92 Å². The molecule has 2 unspecified atom stereocenters. The summed E-state index contributed by atoms with van der Waals surface area (Å²) in [5.74, 6) is 0.0694. The lowest BCUT2D eigenvalue weighted by atomic mass is 9.85. The van der Waals surface area contributed by atoms with Crippen LogP contribution >= 0.6 is 0 Å². The number of carbonyl (C=O) groups excluding carboxylic acids is 1. The van der Waals surface area contributed by atoms with Crippen LogP contribution in [0.2, 0.25) is 6.82 Å². The molecule has 0 bridgehead atoms. The van der Waals surface area contributed by atoms with Gasteiger partial charge in [0.15, 0.2) is 0 Å². The molecule has 1 aliphatic heterocycles. The number of rotatable bonds is 7. The Morgan fingerprint density at radius 2 is 2.17 bits per heavy atom. The Balaban J connectivity index is 1.95. The van der Waals surface area contributed by atoms with E-state index in [1.165, 1.54) is 16.7 Å². The fourth-order valence-corrected chi connectivity index (χ4v) is 3.29. The van der Waals surface area contributed by atoms with Crippen molar-refractivity contribution in [1.29, 1.82) is 0 Å². The lowest BCUT2D eigenvalue weighted by Crippen LogP contribution is -2.44. The zero-order chi connectivity index (χ0) is 17.0. The average Bonchev–Trinajstić information content (AvgIpc) is 2.82. The number of aryl methyl sites for hydroxylation is 2. The van der Waals surface area contributed by atoms with Gasteiger partial charge in [-0.05, 0) is 44.6 Å². The maximum atomic E-state index is 12.6. The molecule has 1 aliphatic rings. The topological polar surface area (TPSA) is 72.8 Å². The molecule has 1 aromatic carbocycles. The minimum Gasteiger partial charge on any atom is -0.437 e. The van der Waals surface area contributed by atoms with Crippen LogP contribution in [-0.4, -0.2) is 47.2 Å². The van der Waals surface area contributed by atoms with Crippen molar-refractivity contribution in [2.75, 3.05) is 13.2 Å². The van der Waals surface area contributed by atoms with E-state index in [4.69, 9.17) is 0 Å². The maximum absolute atomic E-state index is 12.6. The quantitative estimate of drug-likeness (QED) is 0.659. The van der Waals surface area contributed by atoms with E-state index in [2.05, 4.69) is 37.3 Å². The number of aliphatic hydroxyl groups excluding tert-OH is 1. The van der Waals surface area contributed by atoms with Crippen LogP contribution in [-0.2, 0) is 11.3 Å². The van der Waals surface area contributed by atoms with E-state index >= 15 is 0 Å². The summed E-state index contributed by atoms with van der Waals surface area (Å²) in [5.41, 5.74) is 3.63. The molecule has 0 radical (unpaired) electrons. The van der Waals surface area contributed by atoms with Gasteiger partial charge in [0.2, 0.25) is 5.91 Å². The standard InChI is InChI=1S/C17H27BN2O3/c1-12-4-5-15(13(2)8-12)10-20-7-6-14(17(20)22)9-16(11-21)19-18(3)23/h4-5,8,14,16,19,21,23H,6-7,9-11H2,1-3H3. The number of benzene rings is 1. The Morgan fingerprint density at radius 3 is 2.78 bits per heavy atom. The van der Waals surface area contributed by atoms with E-state index in [9.17, 15) is 14.9 Å². The van der Waals surface area contributed by atoms with Crippen LogP contribution in [0.15, 0.2) is 18.2 Å². The number of carbonyl (C=O) groups is 1. The molecule has 1 fully saturated rings. The second-order valence-electron chi connectivity index (χ2n) is 6.63. The van der Waals surface area contributed by atoms with E-state index in [-0.39, 0.29) is 24.5 Å². The zero-order valence-electron chi connectivity index (χ0n) is 14.2. The third-order valence-corrected chi connectivity index (χ3v) is 4.53. The van der Waals surface area contributed by atoms with Gasteiger partial charge in [0, 0.05) is 25.0 Å². The average molecular weight is 318 g/mol. The van der Waals surface area contributed by atoms with Crippen LogP contribution in [0.25, 0.3) is 0 Å². The van der Waals surface area contributed by atoms with Crippen LogP contribution < -0.4 is 5.23 Å². The van der Waals surface area contributed by atoms with Gasteiger partial charge in [-0.25, -0.2) is 0 Å². The predicted molar refractivity (Wildman–Crippen MR) is 91.9 cm³/mol. The fraction of sp³-hybridized carbons (Fsp3) is 0.588. The molecule has 0 spiro atoms. The van der Waals surface area contributed by atoms with E-state index < -0.39 is 7.05 Å². The maximum Gasteiger partial charge on any atom is 0.373 e. The van der Waals surface area contributed by atoms with Crippen LogP contribution in [0.4, 0.5) is 0 Å². The highest BCUT2D eigenvalue weighted by Gasteiger charge is 2.33. The van der Waals surface area contributed by atoms with Crippen molar-refractivity contribution in [3.63, 3.8) is 0 Å². The molecular formula is C17H27BN2O3.